The van der Waals surface area contributed by atoms with Crippen LogP contribution < -0.4 is 10.5 Å². The number of hydrogen-bond donors (Lipinski definition) is 2. The van der Waals surface area contributed by atoms with Gasteiger partial charge in [0.2, 0.25) is 10.0 Å². The normalized spacial score (nSPS) is 12.3. The molecule has 104 valence electrons. The third-order valence-corrected chi connectivity index (χ3v) is 3.33. The summed E-state index contributed by atoms with van der Waals surface area (Å²) in [5, 5.41) is 7.34. The minimum absolute atomic E-state index is 0.170. The monoisotopic (exact) mass is 286 g/mol. The fourth-order valence-corrected chi connectivity index (χ4v) is 2.14. The predicted octanol–water partition coefficient (Wildman–Crippen LogP) is 1.77. The van der Waals surface area contributed by atoms with Crippen LogP contribution in [0.1, 0.15) is 20.3 Å². The molecule has 0 aromatic heterocycles. The highest BCUT2D eigenvalue weighted by molar-refractivity contribution is 7.89. The number of nitrogens with one attached hydrogen (secondary N) is 1. The summed E-state index contributed by atoms with van der Waals surface area (Å²) in [5.74, 6) is -1.17. The van der Waals surface area contributed by atoms with Gasteiger partial charge in [0, 0.05) is 5.57 Å². The first-order valence-corrected chi connectivity index (χ1v) is 7.10. The number of amides is 1. The van der Waals surface area contributed by atoms with Gasteiger partial charge >= 0.3 is 0 Å². The van der Waals surface area contributed by atoms with Crippen LogP contribution in [0.25, 0.3) is 0 Å². The SMILES string of the molecule is CC/C=C(/C)C(=O)Nc1cc(F)ccc1S(N)(=O)=O. The van der Waals surface area contributed by atoms with Crippen LogP contribution in [0.2, 0.25) is 0 Å². The predicted molar refractivity (Wildman–Crippen MR) is 70.5 cm³/mol. The Hall–Kier alpha value is -1.73. The topological polar surface area (TPSA) is 89.3 Å². The van der Waals surface area contributed by atoms with E-state index < -0.39 is 21.7 Å². The van der Waals surface area contributed by atoms with E-state index in [9.17, 15) is 17.6 Å². The highest BCUT2D eigenvalue weighted by Gasteiger charge is 2.17. The lowest BCUT2D eigenvalue weighted by Crippen LogP contribution is -2.19. The molecule has 0 atom stereocenters. The van der Waals surface area contributed by atoms with Gasteiger partial charge in [-0.1, -0.05) is 13.0 Å². The van der Waals surface area contributed by atoms with Crippen LogP contribution in [0, 0.1) is 5.82 Å². The number of rotatable bonds is 4. The Kier molecular flexibility index (Phi) is 4.79. The average molecular weight is 286 g/mol. The van der Waals surface area contributed by atoms with Gasteiger partial charge in [-0.2, -0.15) is 0 Å². The van der Waals surface area contributed by atoms with Gasteiger partial charge in [0.25, 0.3) is 5.91 Å². The van der Waals surface area contributed by atoms with E-state index in [0.717, 1.165) is 18.2 Å². The van der Waals surface area contributed by atoms with E-state index in [0.29, 0.717) is 12.0 Å². The summed E-state index contributed by atoms with van der Waals surface area (Å²) >= 11 is 0. The van der Waals surface area contributed by atoms with Crippen molar-refractivity contribution in [3.63, 3.8) is 0 Å². The van der Waals surface area contributed by atoms with E-state index in [-0.39, 0.29) is 10.6 Å². The molecule has 0 spiro atoms. The third-order valence-electron chi connectivity index (χ3n) is 2.36. The van der Waals surface area contributed by atoms with Gasteiger partial charge in [-0.15, -0.1) is 0 Å². The number of carbonyl (C=O) groups excluding carboxylic acids is 1. The lowest BCUT2D eigenvalue weighted by molar-refractivity contribution is -0.112. The zero-order valence-corrected chi connectivity index (χ0v) is 11.4. The maximum atomic E-state index is 13.1. The highest BCUT2D eigenvalue weighted by Crippen LogP contribution is 2.21. The maximum absolute atomic E-state index is 13.1. The molecule has 0 bridgehead atoms. The molecule has 0 aliphatic rings. The molecule has 0 unspecified atom stereocenters. The quantitative estimate of drug-likeness (QED) is 0.827. The largest absolute Gasteiger partial charge is 0.321 e. The minimum Gasteiger partial charge on any atom is -0.321 e. The molecule has 1 aromatic carbocycles. The molecule has 0 heterocycles. The van der Waals surface area contributed by atoms with Gasteiger partial charge in [0.05, 0.1) is 5.69 Å². The molecule has 19 heavy (non-hydrogen) atoms. The number of allylic oxidation sites excluding steroid dienone is 1. The molecule has 1 rings (SSSR count). The van der Waals surface area contributed by atoms with E-state index in [4.69, 9.17) is 5.14 Å². The van der Waals surface area contributed by atoms with Crippen LogP contribution in [0.4, 0.5) is 10.1 Å². The van der Waals surface area contributed by atoms with Gasteiger partial charge in [0.15, 0.2) is 0 Å². The highest BCUT2D eigenvalue weighted by atomic mass is 32.2. The molecule has 0 saturated carbocycles. The van der Waals surface area contributed by atoms with Crippen LogP contribution in [-0.4, -0.2) is 14.3 Å². The van der Waals surface area contributed by atoms with E-state index in [2.05, 4.69) is 5.32 Å². The summed E-state index contributed by atoms with van der Waals surface area (Å²) in [6.45, 7) is 3.43. The minimum atomic E-state index is -4.03. The number of anilines is 1. The summed E-state index contributed by atoms with van der Waals surface area (Å²) in [5.41, 5.74) is 0.239. The summed E-state index contributed by atoms with van der Waals surface area (Å²) in [4.78, 5) is 11.4. The molecule has 0 saturated heterocycles. The zero-order valence-electron chi connectivity index (χ0n) is 10.6. The summed E-state index contributed by atoms with van der Waals surface area (Å²) in [6.07, 6.45) is 2.33. The molecule has 0 fully saturated rings. The molecule has 1 aromatic rings. The van der Waals surface area contributed by atoms with Crippen LogP contribution in [0.3, 0.4) is 0 Å². The first-order valence-electron chi connectivity index (χ1n) is 5.56. The molecular weight excluding hydrogens is 271 g/mol. The summed E-state index contributed by atoms with van der Waals surface area (Å²) in [7, 11) is -4.03. The Balaban J connectivity index is 3.17. The zero-order chi connectivity index (χ0) is 14.6. The van der Waals surface area contributed by atoms with E-state index >= 15 is 0 Å². The first-order chi connectivity index (χ1) is 8.75. The van der Waals surface area contributed by atoms with Crippen molar-refractivity contribution in [2.75, 3.05) is 5.32 Å². The van der Waals surface area contributed by atoms with E-state index in [1.54, 1.807) is 13.0 Å². The Labute approximate surface area is 111 Å². The van der Waals surface area contributed by atoms with Crippen molar-refractivity contribution in [3.8, 4) is 0 Å². The maximum Gasteiger partial charge on any atom is 0.251 e. The second kappa shape index (κ2) is 5.94. The number of primary sulfonamides is 1. The molecule has 0 aliphatic carbocycles. The summed E-state index contributed by atoms with van der Waals surface area (Å²) in [6, 6.07) is 2.89. The third kappa shape index (κ3) is 4.15. The molecule has 7 heteroatoms. The average Bonchev–Trinajstić information content (AvgIpc) is 2.27. The lowest BCUT2D eigenvalue weighted by atomic mass is 10.2. The van der Waals surface area contributed by atoms with Gasteiger partial charge in [-0.25, -0.2) is 17.9 Å². The van der Waals surface area contributed by atoms with Crippen LogP contribution in [0.5, 0.6) is 0 Å². The van der Waals surface area contributed by atoms with Crippen LogP contribution in [0.15, 0.2) is 34.7 Å². The molecule has 5 nitrogen and oxygen atoms in total. The molecule has 0 aliphatic heterocycles. The van der Waals surface area contributed by atoms with Crippen molar-refractivity contribution < 1.29 is 17.6 Å². The summed E-state index contributed by atoms with van der Waals surface area (Å²) < 4.78 is 35.8. The number of carbonyl (C=O) groups is 1. The van der Waals surface area contributed by atoms with Crippen molar-refractivity contribution >= 4 is 21.6 Å². The molecule has 3 N–H and O–H groups in total. The number of halogens is 1. The molecular formula is C12H15FN2O3S. The number of benzene rings is 1. The first kappa shape index (κ1) is 15.3. The fraction of sp³-hybridized carbons (Fsp3) is 0.250. The second-order valence-electron chi connectivity index (χ2n) is 3.93. The van der Waals surface area contributed by atoms with E-state index in [1.807, 2.05) is 6.92 Å². The van der Waals surface area contributed by atoms with Crippen molar-refractivity contribution in [1.29, 1.82) is 0 Å². The molecule has 1 amide bonds. The van der Waals surface area contributed by atoms with Crippen LogP contribution in [-0.2, 0) is 14.8 Å². The van der Waals surface area contributed by atoms with Gasteiger partial charge in [0.1, 0.15) is 10.7 Å². The standard InChI is InChI=1S/C12H15FN2O3S/c1-3-4-8(2)12(16)15-10-7-9(13)5-6-11(10)19(14,17)18/h4-7H,3H2,1-2H3,(H,15,16)(H2,14,17,18)/b8-4-. The van der Waals surface area contributed by atoms with Crippen molar-refractivity contribution in [1.82, 2.24) is 0 Å². The number of nitrogens with two attached hydrogens (primary N) is 1. The Morgan fingerprint density at radius 1 is 1.47 bits per heavy atom. The Morgan fingerprint density at radius 2 is 2.11 bits per heavy atom. The number of sulfonamides is 1. The molecule has 0 radical (unpaired) electrons. The van der Waals surface area contributed by atoms with Crippen molar-refractivity contribution in [3.05, 3.63) is 35.7 Å². The Morgan fingerprint density at radius 3 is 2.63 bits per heavy atom. The van der Waals surface area contributed by atoms with E-state index in [1.165, 1.54) is 0 Å². The van der Waals surface area contributed by atoms with Crippen LogP contribution >= 0.6 is 0 Å². The van der Waals surface area contributed by atoms with Gasteiger partial charge in [-0.05, 0) is 31.5 Å². The van der Waals surface area contributed by atoms with Gasteiger partial charge < -0.3 is 5.32 Å². The second-order valence-corrected chi connectivity index (χ2v) is 5.46. The fourth-order valence-electron chi connectivity index (χ4n) is 1.47. The Bertz CT molecular complexity index is 624. The van der Waals surface area contributed by atoms with Crippen molar-refractivity contribution in [2.45, 2.75) is 25.2 Å². The number of hydrogen-bond acceptors (Lipinski definition) is 3. The lowest BCUT2D eigenvalue weighted by Gasteiger charge is -2.10. The van der Waals surface area contributed by atoms with Crippen molar-refractivity contribution in [2.24, 2.45) is 5.14 Å². The smallest absolute Gasteiger partial charge is 0.251 e. The van der Waals surface area contributed by atoms with Gasteiger partial charge in [-0.3, -0.25) is 4.79 Å².